The number of ether oxygens (including phenoxy) is 1. The molecule has 0 spiro atoms. The molecule has 2 N–H and O–H groups in total. The van der Waals surface area contributed by atoms with E-state index in [9.17, 15) is 4.79 Å². The van der Waals surface area contributed by atoms with Crippen LogP contribution < -0.4 is 10.5 Å². The SMILES string of the molecule is C[C@H]1CN(Cc2cccc(Oc3ccccc3)c2)CC[C@@]1(C)c1cccc(C(N)=O)c1. The van der Waals surface area contributed by atoms with Crippen molar-refractivity contribution in [3.63, 3.8) is 0 Å². The first-order valence-electron chi connectivity index (χ1n) is 10.9. The first-order chi connectivity index (χ1) is 14.9. The highest BCUT2D eigenvalue weighted by atomic mass is 16.5. The molecule has 4 nitrogen and oxygen atoms in total. The highest BCUT2D eigenvalue weighted by molar-refractivity contribution is 5.92. The van der Waals surface area contributed by atoms with E-state index in [0.29, 0.717) is 11.5 Å². The van der Waals surface area contributed by atoms with Crippen molar-refractivity contribution in [3.05, 3.63) is 95.6 Å². The highest BCUT2D eigenvalue weighted by Crippen LogP contribution is 2.40. The maximum absolute atomic E-state index is 11.6. The second-order valence-electron chi connectivity index (χ2n) is 8.81. The Balaban J connectivity index is 1.43. The van der Waals surface area contributed by atoms with Gasteiger partial charge in [0.2, 0.25) is 5.91 Å². The molecule has 1 fully saturated rings. The second-order valence-corrected chi connectivity index (χ2v) is 8.81. The molecule has 1 amide bonds. The molecule has 1 aliphatic heterocycles. The Bertz CT molecular complexity index is 1050. The quantitative estimate of drug-likeness (QED) is 0.589. The number of benzene rings is 3. The predicted molar refractivity (Wildman–Crippen MR) is 124 cm³/mol. The molecule has 0 radical (unpaired) electrons. The van der Waals surface area contributed by atoms with Crippen LogP contribution in [0.2, 0.25) is 0 Å². The number of carbonyl (C=O) groups is 1. The lowest BCUT2D eigenvalue weighted by molar-refractivity contribution is 0.0995. The number of para-hydroxylation sites is 1. The molecule has 0 aliphatic carbocycles. The summed E-state index contributed by atoms with van der Waals surface area (Å²) >= 11 is 0. The number of likely N-dealkylation sites (tertiary alicyclic amines) is 1. The van der Waals surface area contributed by atoms with Crippen LogP contribution in [0, 0.1) is 5.92 Å². The van der Waals surface area contributed by atoms with Crippen molar-refractivity contribution in [1.82, 2.24) is 4.90 Å². The molecule has 4 rings (SSSR count). The standard InChI is InChI=1S/C27H30N2O2/c1-20-18-29(15-14-27(20,2)23-10-7-9-22(17-23)26(28)30)19-21-8-6-13-25(16-21)31-24-11-4-3-5-12-24/h3-13,16-17,20H,14-15,18-19H2,1-2H3,(H2,28,30)/t20-,27+/m0/s1. The van der Waals surface area contributed by atoms with E-state index < -0.39 is 0 Å². The van der Waals surface area contributed by atoms with E-state index in [1.807, 2.05) is 48.5 Å². The van der Waals surface area contributed by atoms with Crippen LogP contribution in [0.1, 0.15) is 41.8 Å². The number of nitrogens with zero attached hydrogens (tertiary/aromatic N) is 1. The monoisotopic (exact) mass is 414 g/mol. The van der Waals surface area contributed by atoms with Gasteiger partial charge in [0.05, 0.1) is 0 Å². The summed E-state index contributed by atoms with van der Waals surface area (Å²) in [6.45, 7) is 7.52. The summed E-state index contributed by atoms with van der Waals surface area (Å²) in [6, 6.07) is 26.0. The Kier molecular flexibility index (Phi) is 6.10. The van der Waals surface area contributed by atoms with Gasteiger partial charge in [0.1, 0.15) is 11.5 Å². The smallest absolute Gasteiger partial charge is 0.248 e. The first kappa shape index (κ1) is 21.1. The number of nitrogens with two attached hydrogens (primary N) is 1. The van der Waals surface area contributed by atoms with Gasteiger partial charge in [-0.1, -0.05) is 56.3 Å². The maximum atomic E-state index is 11.6. The predicted octanol–water partition coefficient (Wildman–Crippen LogP) is 5.38. The average molecular weight is 415 g/mol. The topological polar surface area (TPSA) is 55.6 Å². The number of carbonyl (C=O) groups excluding carboxylic acids is 1. The van der Waals surface area contributed by atoms with E-state index in [1.165, 1.54) is 11.1 Å². The second kappa shape index (κ2) is 8.94. The fourth-order valence-electron chi connectivity index (χ4n) is 4.51. The van der Waals surface area contributed by atoms with Crippen molar-refractivity contribution in [2.75, 3.05) is 13.1 Å². The van der Waals surface area contributed by atoms with Gasteiger partial charge in [0.15, 0.2) is 0 Å². The largest absolute Gasteiger partial charge is 0.457 e. The number of hydrogen-bond acceptors (Lipinski definition) is 3. The molecule has 0 aromatic heterocycles. The lowest BCUT2D eigenvalue weighted by Crippen LogP contribution is -2.47. The van der Waals surface area contributed by atoms with E-state index in [2.05, 4.69) is 43.0 Å². The van der Waals surface area contributed by atoms with Gasteiger partial charge in [0.25, 0.3) is 0 Å². The third kappa shape index (κ3) is 4.80. The molecule has 3 aromatic carbocycles. The van der Waals surface area contributed by atoms with E-state index in [0.717, 1.165) is 37.6 Å². The zero-order valence-corrected chi connectivity index (χ0v) is 18.3. The van der Waals surface area contributed by atoms with Crippen molar-refractivity contribution in [2.24, 2.45) is 11.7 Å². The number of primary amides is 1. The summed E-state index contributed by atoms with van der Waals surface area (Å²) in [5.74, 6) is 1.79. The minimum absolute atomic E-state index is 0.0280. The Labute approximate surface area is 184 Å². The molecule has 4 heteroatoms. The number of rotatable bonds is 6. The molecule has 0 saturated carbocycles. The highest BCUT2D eigenvalue weighted by Gasteiger charge is 2.38. The van der Waals surface area contributed by atoms with E-state index in [-0.39, 0.29) is 11.3 Å². The summed E-state index contributed by atoms with van der Waals surface area (Å²) in [5.41, 5.74) is 8.57. The minimum atomic E-state index is -0.367. The molecule has 0 bridgehead atoms. The van der Waals surface area contributed by atoms with Crippen LogP contribution in [0.15, 0.2) is 78.9 Å². The number of amides is 1. The molecule has 0 unspecified atom stereocenters. The van der Waals surface area contributed by atoms with Crippen molar-refractivity contribution in [1.29, 1.82) is 0 Å². The lowest BCUT2D eigenvalue weighted by Gasteiger charge is -2.45. The van der Waals surface area contributed by atoms with Crippen LogP contribution in [0.3, 0.4) is 0 Å². The van der Waals surface area contributed by atoms with Gasteiger partial charge < -0.3 is 10.5 Å². The summed E-state index contributed by atoms with van der Waals surface area (Å²) in [6.07, 6.45) is 1.04. The minimum Gasteiger partial charge on any atom is -0.457 e. The van der Waals surface area contributed by atoms with Crippen molar-refractivity contribution in [3.8, 4) is 11.5 Å². The van der Waals surface area contributed by atoms with Crippen molar-refractivity contribution in [2.45, 2.75) is 32.2 Å². The van der Waals surface area contributed by atoms with Gasteiger partial charge in [-0.05, 0) is 71.8 Å². The lowest BCUT2D eigenvalue weighted by atomic mass is 9.68. The summed E-state index contributed by atoms with van der Waals surface area (Å²) in [7, 11) is 0. The molecular formula is C27H30N2O2. The molecular weight excluding hydrogens is 384 g/mol. The normalized spacial score (nSPS) is 21.5. The van der Waals surface area contributed by atoms with Gasteiger partial charge >= 0.3 is 0 Å². The third-order valence-corrected chi connectivity index (χ3v) is 6.66. The molecule has 3 aromatic rings. The zero-order chi connectivity index (χ0) is 21.8. The van der Waals surface area contributed by atoms with Gasteiger partial charge in [-0.25, -0.2) is 0 Å². The van der Waals surface area contributed by atoms with Crippen LogP contribution in [0.5, 0.6) is 11.5 Å². The third-order valence-electron chi connectivity index (χ3n) is 6.66. The van der Waals surface area contributed by atoms with Crippen LogP contribution in [0.25, 0.3) is 0 Å². The van der Waals surface area contributed by atoms with E-state index in [1.54, 1.807) is 6.07 Å². The Morgan fingerprint density at radius 1 is 1.03 bits per heavy atom. The molecule has 2 atom stereocenters. The summed E-state index contributed by atoms with van der Waals surface area (Å²) in [5, 5.41) is 0. The first-order valence-corrected chi connectivity index (χ1v) is 10.9. The van der Waals surface area contributed by atoms with Crippen LogP contribution in [0.4, 0.5) is 0 Å². The molecule has 1 aliphatic rings. The number of piperidine rings is 1. The maximum Gasteiger partial charge on any atom is 0.248 e. The Hall–Kier alpha value is -3.11. The Morgan fingerprint density at radius 3 is 2.52 bits per heavy atom. The van der Waals surface area contributed by atoms with Crippen molar-refractivity contribution >= 4 is 5.91 Å². The van der Waals surface area contributed by atoms with E-state index >= 15 is 0 Å². The fourth-order valence-corrected chi connectivity index (χ4v) is 4.51. The van der Waals surface area contributed by atoms with E-state index in [4.69, 9.17) is 10.5 Å². The summed E-state index contributed by atoms with van der Waals surface area (Å²) in [4.78, 5) is 14.1. The van der Waals surface area contributed by atoms with Gasteiger partial charge in [-0.3, -0.25) is 9.69 Å². The van der Waals surface area contributed by atoms with Crippen molar-refractivity contribution < 1.29 is 9.53 Å². The van der Waals surface area contributed by atoms with Crippen LogP contribution in [-0.2, 0) is 12.0 Å². The summed E-state index contributed by atoms with van der Waals surface area (Å²) < 4.78 is 5.99. The molecule has 31 heavy (non-hydrogen) atoms. The fraction of sp³-hybridized carbons (Fsp3) is 0.296. The van der Waals surface area contributed by atoms with Crippen LogP contribution in [-0.4, -0.2) is 23.9 Å². The Morgan fingerprint density at radius 2 is 1.77 bits per heavy atom. The van der Waals surface area contributed by atoms with Crippen LogP contribution >= 0.6 is 0 Å². The molecule has 160 valence electrons. The zero-order valence-electron chi connectivity index (χ0n) is 18.3. The number of hydrogen-bond donors (Lipinski definition) is 1. The molecule has 1 heterocycles. The average Bonchev–Trinajstić information content (AvgIpc) is 2.77. The van der Waals surface area contributed by atoms with Gasteiger partial charge in [-0.2, -0.15) is 0 Å². The van der Waals surface area contributed by atoms with Gasteiger partial charge in [0, 0.05) is 18.7 Å². The van der Waals surface area contributed by atoms with Gasteiger partial charge in [-0.15, -0.1) is 0 Å². The molecule has 1 saturated heterocycles.